The van der Waals surface area contributed by atoms with Gasteiger partial charge in [0.05, 0.1) is 6.33 Å². The van der Waals surface area contributed by atoms with Crippen molar-refractivity contribution in [1.82, 2.24) is 14.5 Å². The molecule has 0 aromatic carbocycles. The number of imidazole rings is 1. The third-order valence-corrected chi connectivity index (χ3v) is 4.79. The number of nitrogens with zero attached hydrogens (tertiary/aromatic N) is 3. The molecule has 0 radical (unpaired) electrons. The largest absolute Gasteiger partial charge is 0.334 e. The van der Waals surface area contributed by atoms with Crippen LogP contribution in [0, 0.1) is 11.3 Å². The van der Waals surface area contributed by atoms with E-state index >= 15 is 0 Å². The van der Waals surface area contributed by atoms with E-state index in [4.69, 9.17) is 0 Å². The molecule has 0 aliphatic carbocycles. The second-order valence-electron chi connectivity index (χ2n) is 7.01. The van der Waals surface area contributed by atoms with Gasteiger partial charge in [-0.05, 0) is 38.0 Å². The molecule has 1 saturated heterocycles. The van der Waals surface area contributed by atoms with Gasteiger partial charge in [-0.15, -0.1) is 0 Å². The zero-order valence-corrected chi connectivity index (χ0v) is 14.8. The molecule has 1 aromatic rings. The SMILES string of the molecule is CC(=O)/C=C/CN1CC[C@H](C(C)(C)C(=O)/C=C/Cn2ccnc2)C1. The first-order chi connectivity index (χ1) is 11.4. The fourth-order valence-electron chi connectivity index (χ4n) is 3.05. The van der Waals surface area contributed by atoms with E-state index in [1.807, 2.05) is 36.8 Å². The lowest BCUT2D eigenvalue weighted by Gasteiger charge is -2.29. The summed E-state index contributed by atoms with van der Waals surface area (Å²) in [7, 11) is 0. The molecule has 1 fully saturated rings. The van der Waals surface area contributed by atoms with Crippen molar-refractivity contribution in [2.24, 2.45) is 11.3 Å². The fraction of sp³-hybridized carbons (Fsp3) is 0.526. The summed E-state index contributed by atoms with van der Waals surface area (Å²) in [6.45, 7) is 8.94. The van der Waals surface area contributed by atoms with Gasteiger partial charge in [0.25, 0.3) is 0 Å². The third kappa shape index (κ3) is 4.99. The van der Waals surface area contributed by atoms with Crippen LogP contribution in [0.15, 0.2) is 43.0 Å². The smallest absolute Gasteiger partial charge is 0.161 e. The first-order valence-corrected chi connectivity index (χ1v) is 8.45. The van der Waals surface area contributed by atoms with Crippen molar-refractivity contribution >= 4 is 11.6 Å². The van der Waals surface area contributed by atoms with Gasteiger partial charge in [0, 0.05) is 37.4 Å². The number of ketones is 2. The van der Waals surface area contributed by atoms with E-state index in [2.05, 4.69) is 9.88 Å². The number of hydrogen-bond acceptors (Lipinski definition) is 4. The molecule has 1 aliphatic rings. The molecule has 5 nitrogen and oxygen atoms in total. The lowest BCUT2D eigenvalue weighted by molar-refractivity contribution is -0.124. The number of carbonyl (C=O) groups is 2. The van der Waals surface area contributed by atoms with Gasteiger partial charge >= 0.3 is 0 Å². The van der Waals surface area contributed by atoms with Crippen LogP contribution >= 0.6 is 0 Å². The summed E-state index contributed by atoms with van der Waals surface area (Å²) in [5.41, 5.74) is -0.371. The van der Waals surface area contributed by atoms with Gasteiger partial charge in [0.15, 0.2) is 11.6 Å². The quantitative estimate of drug-likeness (QED) is 0.688. The molecule has 1 aliphatic heterocycles. The van der Waals surface area contributed by atoms with Crippen LogP contribution in [0.3, 0.4) is 0 Å². The Labute approximate surface area is 144 Å². The second kappa shape index (κ2) is 8.20. The second-order valence-corrected chi connectivity index (χ2v) is 7.01. The Morgan fingerprint density at radius 2 is 2.00 bits per heavy atom. The minimum atomic E-state index is -0.371. The first kappa shape index (κ1) is 18.3. The highest BCUT2D eigenvalue weighted by Crippen LogP contribution is 2.35. The number of aromatic nitrogens is 2. The Bertz CT molecular complexity index is 615. The van der Waals surface area contributed by atoms with E-state index < -0.39 is 0 Å². The molecule has 0 spiro atoms. The number of rotatable bonds is 8. The minimum absolute atomic E-state index is 0.0734. The van der Waals surface area contributed by atoms with Crippen molar-refractivity contribution in [3.63, 3.8) is 0 Å². The Balaban J connectivity index is 1.86. The molecule has 0 unspecified atom stereocenters. The Kier molecular flexibility index (Phi) is 6.26. The molecule has 2 rings (SSSR count). The van der Waals surface area contributed by atoms with Gasteiger partial charge < -0.3 is 4.57 Å². The van der Waals surface area contributed by atoms with Crippen LogP contribution in [0.25, 0.3) is 0 Å². The topological polar surface area (TPSA) is 55.2 Å². The van der Waals surface area contributed by atoms with E-state index in [1.54, 1.807) is 31.6 Å². The maximum absolute atomic E-state index is 12.6. The molecule has 0 amide bonds. The van der Waals surface area contributed by atoms with Gasteiger partial charge in [-0.2, -0.15) is 0 Å². The molecule has 130 valence electrons. The average molecular weight is 329 g/mol. The van der Waals surface area contributed by atoms with E-state index in [1.165, 1.54) is 0 Å². The molecular formula is C19H27N3O2. The predicted molar refractivity (Wildman–Crippen MR) is 94.5 cm³/mol. The number of carbonyl (C=O) groups excluding carboxylic acids is 2. The van der Waals surface area contributed by atoms with E-state index in [9.17, 15) is 9.59 Å². The molecule has 5 heteroatoms. The van der Waals surface area contributed by atoms with E-state index in [0.717, 1.165) is 26.1 Å². The van der Waals surface area contributed by atoms with Gasteiger partial charge in [-0.3, -0.25) is 14.5 Å². The first-order valence-electron chi connectivity index (χ1n) is 8.45. The maximum atomic E-state index is 12.6. The number of hydrogen-bond donors (Lipinski definition) is 0. The van der Waals surface area contributed by atoms with Crippen molar-refractivity contribution in [1.29, 1.82) is 0 Å². The Morgan fingerprint density at radius 1 is 1.25 bits per heavy atom. The summed E-state index contributed by atoms with van der Waals surface area (Å²) in [6, 6.07) is 0. The summed E-state index contributed by atoms with van der Waals surface area (Å²) in [5.74, 6) is 0.589. The fourth-order valence-corrected chi connectivity index (χ4v) is 3.05. The number of allylic oxidation sites excluding steroid dienone is 3. The van der Waals surface area contributed by atoms with Crippen molar-refractivity contribution in [2.45, 2.75) is 33.7 Å². The number of likely N-dealkylation sites (tertiary alicyclic amines) is 1. The molecule has 0 saturated carbocycles. The maximum Gasteiger partial charge on any atom is 0.161 e. The van der Waals surface area contributed by atoms with E-state index in [-0.39, 0.29) is 17.0 Å². The Morgan fingerprint density at radius 3 is 2.67 bits per heavy atom. The van der Waals surface area contributed by atoms with Crippen LogP contribution in [-0.2, 0) is 16.1 Å². The molecular weight excluding hydrogens is 302 g/mol. The van der Waals surface area contributed by atoms with Crippen LogP contribution in [-0.4, -0.2) is 45.7 Å². The van der Waals surface area contributed by atoms with Gasteiger partial charge in [-0.1, -0.05) is 26.0 Å². The normalized spacial score (nSPS) is 19.5. The molecule has 1 atom stereocenters. The molecule has 24 heavy (non-hydrogen) atoms. The minimum Gasteiger partial charge on any atom is -0.334 e. The zero-order valence-electron chi connectivity index (χ0n) is 14.8. The van der Waals surface area contributed by atoms with Gasteiger partial charge in [-0.25, -0.2) is 4.98 Å². The summed E-state index contributed by atoms with van der Waals surface area (Å²) in [6.07, 6.45) is 13.5. The average Bonchev–Trinajstić information content (AvgIpc) is 3.18. The molecule has 0 bridgehead atoms. The van der Waals surface area contributed by atoms with Crippen LogP contribution in [0.2, 0.25) is 0 Å². The Hall–Kier alpha value is -2.01. The lowest BCUT2D eigenvalue weighted by atomic mass is 9.75. The zero-order chi connectivity index (χ0) is 17.6. The van der Waals surface area contributed by atoms with Crippen molar-refractivity contribution in [2.75, 3.05) is 19.6 Å². The summed E-state index contributed by atoms with van der Waals surface area (Å²) in [4.78, 5) is 29.8. The van der Waals surface area contributed by atoms with Gasteiger partial charge in [0.2, 0.25) is 0 Å². The standard InChI is InChI=1S/C19H27N3O2/c1-16(23)6-4-10-21-12-8-17(14-21)19(2,3)18(24)7-5-11-22-13-9-20-15-22/h4-7,9,13,15,17H,8,10-12,14H2,1-3H3/b6-4+,7-5+/t17-/m0/s1. The van der Waals surface area contributed by atoms with Gasteiger partial charge in [0.1, 0.15) is 0 Å². The van der Waals surface area contributed by atoms with Crippen molar-refractivity contribution in [3.8, 4) is 0 Å². The third-order valence-electron chi connectivity index (χ3n) is 4.79. The van der Waals surface area contributed by atoms with Crippen molar-refractivity contribution < 1.29 is 9.59 Å². The highest BCUT2D eigenvalue weighted by atomic mass is 16.1. The molecule has 2 heterocycles. The highest BCUT2D eigenvalue weighted by Gasteiger charge is 2.38. The summed E-state index contributed by atoms with van der Waals surface area (Å²) < 4.78 is 1.93. The summed E-state index contributed by atoms with van der Waals surface area (Å²) >= 11 is 0. The van der Waals surface area contributed by atoms with Crippen molar-refractivity contribution in [3.05, 3.63) is 43.0 Å². The van der Waals surface area contributed by atoms with Crippen LogP contribution in [0.4, 0.5) is 0 Å². The molecule has 1 aromatic heterocycles. The predicted octanol–water partition coefficient (Wildman–Crippen LogP) is 2.50. The van der Waals surface area contributed by atoms with Crippen LogP contribution in [0.5, 0.6) is 0 Å². The lowest BCUT2D eigenvalue weighted by Crippen LogP contribution is -2.34. The highest BCUT2D eigenvalue weighted by molar-refractivity contribution is 5.94. The summed E-state index contributed by atoms with van der Waals surface area (Å²) in [5, 5.41) is 0. The van der Waals surface area contributed by atoms with E-state index in [0.29, 0.717) is 12.5 Å². The monoisotopic (exact) mass is 329 g/mol. The van der Waals surface area contributed by atoms with Crippen LogP contribution in [0.1, 0.15) is 27.2 Å². The molecule has 0 N–H and O–H groups in total. The van der Waals surface area contributed by atoms with Crippen LogP contribution < -0.4 is 0 Å².